The van der Waals surface area contributed by atoms with Crippen molar-refractivity contribution >= 4 is 5.71 Å². The highest BCUT2D eigenvalue weighted by molar-refractivity contribution is 5.90. The van der Waals surface area contributed by atoms with Gasteiger partial charge in [0.2, 0.25) is 0 Å². The molecule has 3 rings (SSSR count). The molecule has 19 heavy (non-hydrogen) atoms. The van der Waals surface area contributed by atoms with Crippen molar-refractivity contribution in [1.29, 1.82) is 0 Å². The fraction of sp³-hybridized carbons (Fsp3) is 0.929. The second kappa shape index (κ2) is 4.40. The molecule has 1 N–H and O–H groups in total. The molecule has 3 nitrogen and oxygen atoms in total. The number of hydrazone groups is 1. The Labute approximate surface area is 113 Å². The molecule has 1 saturated carbocycles. The van der Waals surface area contributed by atoms with Crippen LogP contribution in [-0.4, -0.2) is 35.4 Å². The molecule has 2 aliphatic heterocycles. The number of hydrogen-bond acceptors (Lipinski definition) is 3. The first-order valence-electron chi connectivity index (χ1n) is 7.28. The third kappa shape index (κ3) is 2.16. The van der Waals surface area contributed by atoms with Crippen LogP contribution in [0.3, 0.4) is 0 Å². The summed E-state index contributed by atoms with van der Waals surface area (Å²) in [6.07, 6.45) is 1.43. The quantitative estimate of drug-likeness (QED) is 0.794. The van der Waals surface area contributed by atoms with Gasteiger partial charge in [0.05, 0.1) is 0 Å². The van der Waals surface area contributed by atoms with E-state index >= 15 is 0 Å². The highest BCUT2D eigenvalue weighted by Gasteiger charge is 2.51. The third-order valence-corrected chi connectivity index (χ3v) is 4.79. The Bertz CT molecular complexity index is 389. The predicted octanol–water partition coefficient (Wildman–Crippen LogP) is 2.83. The average molecular weight is 271 g/mol. The third-order valence-electron chi connectivity index (χ3n) is 4.79. The summed E-state index contributed by atoms with van der Waals surface area (Å²) in [4.78, 5) is 0. The van der Waals surface area contributed by atoms with E-state index < -0.39 is 12.5 Å². The zero-order chi connectivity index (χ0) is 13.8. The van der Waals surface area contributed by atoms with Gasteiger partial charge in [-0.15, -0.1) is 0 Å². The molecule has 0 radical (unpaired) electrons. The summed E-state index contributed by atoms with van der Waals surface area (Å²) < 4.78 is 27.0. The Morgan fingerprint density at radius 3 is 2.68 bits per heavy atom. The number of alkyl halides is 2. The van der Waals surface area contributed by atoms with Crippen LogP contribution in [0.25, 0.3) is 0 Å². The van der Waals surface area contributed by atoms with Crippen LogP contribution in [0.4, 0.5) is 8.78 Å². The van der Waals surface area contributed by atoms with Gasteiger partial charge in [-0.05, 0) is 12.8 Å². The van der Waals surface area contributed by atoms with Crippen LogP contribution in [0, 0.1) is 11.3 Å². The van der Waals surface area contributed by atoms with E-state index in [1.54, 1.807) is 5.01 Å². The van der Waals surface area contributed by atoms with Gasteiger partial charge in [0.25, 0.3) is 6.43 Å². The largest absolute Gasteiger partial charge is 0.293 e. The Hall–Kier alpha value is -0.710. The maximum absolute atomic E-state index is 13.5. The maximum atomic E-state index is 13.5. The fourth-order valence-electron chi connectivity index (χ4n) is 3.74. The number of halogens is 2. The maximum Gasteiger partial charge on any atom is 0.260 e. The molecular formula is C14H23F2N3. The number of nitrogens with zero attached hydrogens (tertiary/aromatic N) is 2. The summed E-state index contributed by atoms with van der Waals surface area (Å²) >= 11 is 0. The fourth-order valence-corrected chi connectivity index (χ4v) is 3.74. The van der Waals surface area contributed by atoms with Gasteiger partial charge in [-0.2, -0.15) is 5.10 Å². The number of fused-ring (bicyclic) bond motifs is 2. The monoisotopic (exact) mass is 271 g/mol. The predicted molar refractivity (Wildman–Crippen MR) is 71.2 cm³/mol. The van der Waals surface area contributed by atoms with Crippen molar-refractivity contribution in [1.82, 2.24) is 10.3 Å². The van der Waals surface area contributed by atoms with Crippen molar-refractivity contribution in [3.05, 3.63) is 0 Å². The van der Waals surface area contributed by atoms with Gasteiger partial charge in [0.1, 0.15) is 12.2 Å². The van der Waals surface area contributed by atoms with Crippen molar-refractivity contribution < 1.29 is 8.78 Å². The van der Waals surface area contributed by atoms with Crippen molar-refractivity contribution in [2.75, 3.05) is 0 Å². The zero-order valence-corrected chi connectivity index (χ0v) is 11.9. The minimum atomic E-state index is -2.31. The van der Waals surface area contributed by atoms with E-state index in [-0.39, 0.29) is 23.5 Å². The summed E-state index contributed by atoms with van der Waals surface area (Å²) in [6, 6.07) is -0.437. The lowest BCUT2D eigenvalue weighted by Crippen LogP contribution is -2.62. The molecule has 0 bridgehead atoms. The van der Waals surface area contributed by atoms with Crippen molar-refractivity contribution in [3.8, 4) is 0 Å². The first-order chi connectivity index (χ1) is 8.88. The summed E-state index contributed by atoms with van der Waals surface area (Å²) in [5.41, 5.74) is 0.997. The molecule has 1 unspecified atom stereocenters. The summed E-state index contributed by atoms with van der Waals surface area (Å²) in [6.45, 7) is 6.30. The number of rotatable bonds is 1. The minimum absolute atomic E-state index is 0.0208. The van der Waals surface area contributed by atoms with Crippen LogP contribution in [0.2, 0.25) is 0 Å². The van der Waals surface area contributed by atoms with E-state index in [1.807, 2.05) is 0 Å². The highest BCUT2D eigenvalue weighted by atomic mass is 19.3. The zero-order valence-electron chi connectivity index (χ0n) is 11.9. The van der Waals surface area contributed by atoms with E-state index in [4.69, 9.17) is 0 Å². The Morgan fingerprint density at radius 2 is 2.05 bits per heavy atom. The van der Waals surface area contributed by atoms with Crippen LogP contribution in [0.15, 0.2) is 5.10 Å². The van der Waals surface area contributed by atoms with E-state index in [9.17, 15) is 8.78 Å². The number of hydrogen-bond donors (Lipinski definition) is 1. The van der Waals surface area contributed by atoms with Crippen LogP contribution in [0.5, 0.6) is 0 Å². The molecule has 0 spiro atoms. The molecule has 0 aromatic rings. The van der Waals surface area contributed by atoms with Crippen LogP contribution in [-0.2, 0) is 0 Å². The molecule has 0 amide bonds. The Morgan fingerprint density at radius 1 is 1.32 bits per heavy atom. The highest BCUT2D eigenvalue weighted by Crippen LogP contribution is 2.41. The molecule has 1 aliphatic carbocycles. The van der Waals surface area contributed by atoms with Crippen molar-refractivity contribution in [2.24, 2.45) is 16.4 Å². The average Bonchev–Trinajstić information content (AvgIpc) is 2.88. The molecule has 3 aliphatic rings. The van der Waals surface area contributed by atoms with E-state index in [0.29, 0.717) is 0 Å². The van der Waals surface area contributed by atoms with Gasteiger partial charge in [-0.25, -0.2) is 8.78 Å². The minimum Gasteiger partial charge on any atom is -0.293 e. The molecule has 0 aromatic heterocycles. The van der Waals surface area contributed by atoms with Crippen LogP contribution in [0.1, 0.15) is 46.5 Å². The molecule has 108 valence electrons. The molecular weight excluding hydrogens is 248 g/mol. The first kappa shape index (κ1) is 13.3. The first-order valence-corrected chi connectivity index (χ1v) is 7.28. The Kier molecular flexibility index (Phi) is 3.08. The summed E-state index contributed by atoms with van der Waals surface area (Å²) in [5, 5.41) is 9.77. The van der Waals surface area contributed by atoms with Gasteiger partial charge in [0.15, 0.2) is 0 Å². The normalized spacial score (nSPS) is 38.4. The van der Waals surface area contributed by atoms with Gasteiger partial charge in [-0.3, -0.25) is 10.3 Å². The topological polar surface area (TPSA) is 27.6 Å². The molecule has 0 aromatic carbocycles. The van der Waals surface area contributed by atoms with Gasteiger partial charge >= 0.3 is 0 Å². The van der Waals surface area contributed by atoms with E-state index in [2.05, 4.69) is 31.2 Å². The lowest BCUT2D eigenvalue weighted by atomic mass is 9.86. The van der Waals surface area contributed by atoms with Crippen LogP contribution >= 0.6 is 0 Å². The Balaban J connectivity index is 1.89. The molecule has 1 saturated heterocycles. The molecule has 2 fully saturated rings. The van der Waals surface area contributed by atoms with E-state index in [0.717, 1.165) is 31.4 Å². The molecule has 4 atom stereocenters. The summed E-state index contributed by atoms with van der Waals surface area (Å²) in [7, 11) is 0. The molecule has 2 heterocycles. The van der Waals surface area contributed by atoms with Gasteiger partial charge in [-0.1, -0.05) is 27.2 Å². The molecule has 5 heteroatoms. The van der Waals surface area contributed by atoms with E-state index in [1.165, 1.54) is 0 Å². The van der Waals surface area contributed by atoms with Crippen molar-refractivity contribution in [2.45, 2.75) is 71.1 Å². The lowest BCUT2D eigenvalue weighted by molar-refractivity contribution is -0.0603. The second-order valence-electron chi connectivity index (χ2n) is 7.09. The standard InChI is InChI=1S/C14H23F2N3/c1-14(2,3)10-7-11-17-9-6-4-5-8(9)12(13(15)16)19(11)18-10/h8-9,11-13,17H,4-7H2,1-3H3/t8-,9+,11?,12-/m0/s1. The lowest BCUT2D eigenvalue weighted by Gasteiger charge is -2.44. The van der Waals surface area contributed by atoms with Gasteiger partial charge in [0, 0.05) is 29.5 Å². The van der Waals surface area contributed by atoms with Gasteiger partial charge < -0.3 is 0 Å². The summed E-state index contributed by atoms with van der Waals surface area (Å²) in [5.74, 6) is 0.0549. The van der Waals surface area contributed by atoms with Crippen LogP contribution < -0.4 is 5.32 Å². The second-order valence-corrected chi connectivity index (χ2v) is 7.09. The SMILES string of the molecule is CC(C)(C)C1=NN2C(C1)N[C@@H]1CCC[C@@H]1[C@H]2C(F)F. The number of nitrogens with one attached hydrogen (secondary N) is 1. The smallest absolute Gasteiger partial charge is 0.260 e. The van der Waals surface area contributed by atoms with Crippen molar-refractivity contribution in [3.63, 3.8) is 0 Å².